The van der Waals surface area contributed by atoms with Crippen LogP contribution >= 0.6 is 0 Å². The summed E-state index contributed by atoms with van der Waals surface area (Å²) in [6, 6.07) is 8.50. The molecule has 0 radical (unpaired) electrons. The molecule has 168 valence electrons. The number of aryl methyl sites for hydroxylation is 1. The first kappa shape index (κ1) is 21.0. The summed E-state index contributed by atoms with van der Waals surface area (Å²) >= 11 is 0. The highest BCUT2D eigenvalue weighted by atomic mass is 16.2. The van der Waals surface area contributed by atoms with Gasteiger partial charge >= 0.3 is 0 Å². The number of aromatic nitrogens is 2. The van der Waals surface area contributed by atoms with Gasteiger partial charge in [-0.15, -0.1) is 0 Å². The van der Waals surface area contributed by atoms with Gasteiger partial charge in [0.25, 0.3) is 5.91 Å². The van der Waals surface area contributed by atoms with Crippen molar-refractivity contribution in [2.24, 2.45) is 11.8 Å². The van der Waals surface area contributed by atoms with Crippen LogP contribution in [-0.2, 0) is 17.8 Å². The third kappa shape index (κ3) is 4.12. The van der Waals surface area contributed by atoms with Gasteiger partial charge < -0.3 is 9.80 Å². The Labute approximate surface area is 188 Å². The maximum atomic E-state index is 13.4. The van der Waals surface area contributed by atoms with E-state index in [4.69, 9.17) is 0 Å². The smallest absolute Gasteiger partial charge is 0.274 e. The largest absolute Gasteiger partial charge is 0.338 e. The Morgan fingerprint density at radius 1 is 1.00 bits per heavy atom. The van der Waals surface area contributed by atoms with E-state index in [1.165, 1.54) is 11.1 Å². The van der Waals surface area contributed by atoms with Gasteiger partial charge in [-0.2, -0.15) is 0 Å². The topological polar surface area (TPSA) is 90.5 Å². The second-order valence-electron chi connectivity index (χ2n) is 9.11. The van der Waals surface area contributed by atoms with E-state index in [0.29, 0.717) is 37.8 Å². The summed E-state index contributed by atoms with van der Waals surface area (Å²) in [5.41, 5.74) is 10.4. The van der Waals surface area contributed by atoms with E-state index >= 15 is 0 Å². The van der Waals surface area contributed by atoms with E-state index in [0.717, 1.165) is 31.5 Å². The lowest BCUT2D eigenvalue weighted by Gasteiger charge is -2.37. The highest BCUT2D eigenvalue weighted by molar-refractivity contribution is 5.92. The molecule has 0 aliphatic carbocycles. The summed E-state index contributed by atoms with van der Waals surface area (Å²) in [7, 11) is 0. The molecule has 2 aromatic rings. The fourth-order valence-corrected chi connectivity index (χ4v) is 5.25. The Balaban J connectivity index is 1.20. The highest BCUT2D eigenvalue weighted by Gasteiger charge is 2.41. The van der Waals surface area contributed by atoms with Gasteiger partial charge in [-0.25, -0.2) is 4.98 Å². The van der Waals surface area contributed by atoms with Crippen molar-refractivity contribution >= 4 is 11.8 Å². The summed E-state index contributed by atoms with van der Waals surface area (Å²) in [5.74, 6) is 0.447. The van der Waals surface area contributed by atoms with Crippen molar-refractivity contribution in [1.29, 1.82) is 0 Å². The van der Waals surface area contributed by atoms with E-state index in [-0.39, 0.29) is 23.8 Å². The standard InChI is InChI=1S/C24H30N6O2/c1-16-12-26-21(14-25-16)24(32)29-9-7-18(8-10-29)22-20(13-27-28-22)23(31)30-11-6-17-4-2-3-5-19(17)15-30/h2-5,12,14,18,20,22,27-28H,6-11,13,15H2,1H3. The SMILES string of the molecule is Cc1cnc(C(=O)N2CCC(C3NNCC3C(=O)N3CCc4ccccc4C3)CC2)cn1. The number of carbonyl (C=O) groups is 2. The summed E-state index contributed by atoms with van der Waals surface area (Å²) < 4.78 is 0. The van der Waals surface area contributed by atoms with Crippen molar-refractivity contribution in [3.63, 3.8) is 0 Å². The maximum absolute atomic E-state index is 13.4. The minimum absolute atomic E-state index is 0.0620. The van der Waals surface area contributed by atoms with Crippen LogP contribution in [-0.4, -0.2) is 63.8 Å². The zero-order chi connectivity index (χ0) is 22.1. The number of amides is 2. The van der Waals surface area contributed by atoms with Crippen molar-refractivity contribution in [1.82, 2.24) is 30.6 Å². The minimum atomic E-state index is -0.0736. The molecule has 2 saturated heterocycles. The molecule has 0 spiro atoms. The predicted octanol–water partition coefficient (Wildman–Crippen LogP) is 1.31. The number of piperidine rings is 1. The lowest BCUT2D eigenvalue weighted by Crippen LogP contribution is -2.50. The molecular formula is C24H30N6O2. The molecule has 8 nitrogen and oxygen atoms in total. The van der Waals surface area contributed by atoms with Crippen LogP contribution < -0.4 is 10.9 Å². The van der Waals surface area contributed by atoms with E-state index in [9.17, 15) is 9.59 Å². The number of hydrazine groups is 1. The van der Waals surface area contributed by atoms with Crippen molar-refractivity contribution in [3.8, 4) is 0 Å². The van der Waals surface area contributed by atoms with Gasteiger partial charge in [0.1, 0.15) is 5.69 Å². The molecule has 1 aromatic heterocycles. The number of rotatable bonds is 3. The molecule has 3 aliphatic rings. The molecule has 32 heavy (non-hydrogen) atoms. The second-order valence-corrected chi connectivity index (χ2v) is 9.11. The molecule has 5 rings (SSSR count). The molecule has 2 amide bonds. The molecule has 2 atom stereocenters. The fraction of sp³-hybridized carbons (Fsp3) is 0.500. The first-order valence-electron chi connectivity index (χ1n) is 11.5. The number of fused-ring (bicyclic) bond motifs is 1. The second kappa shape index (κ2) is 8.96. The first-order valence-corrected chi connectivity index (χ1v) is 11.5. The average molecular weight is 435 g/mol. The van der Waals surface area contributed by atoms with E-state index < -0.39 is 0 Å². The number of likely N-dealkylation sites (tertiary alicyclic amines) is 1. The molecule has 1 aromatic carbocycles. The van der Waals surface area contributed by atoms with Gasteiger partial charge in [-0.05, 0) is 43.2 Å². The molecule has 0 bridgehead atoms. The maximum Gasteiger partial charge on any atom is 0.274 e. The summed E-state index contributed by atoms with van der Waals surface area (Å²) in [6.07, 6.45) is 5.84. The third-order valence-electron chi connectivity index (χ3n) is 7.12. The number of carbonyl (C=O) groups excluding carboxylic acids is 2. The third-order valence-corrected chi connectivity index (χ3v) is 7.12. The number of nitrogens with one attached hydrogen (secondary N) is 2. The normalized spacial score (nSPS) is 23.8. The van der Waals surface area contributed by atoms with E-state index in [1.54, 1.807) is 12.4 Å². The first-order chi connectivity index (χ1) is 15.6. The van der Waals surface area contributed by atoms with Gasteiger partial charge in [0.2, 0.25) is 5.91 Å². The number of benzene rings is 1. The van der Waals surface area contributed by atoms with Crippen molar-refractivity contribution in [3.05, 3.63) is 59.2 Å². The molecule has 4 heterocycles. The van der Waals surface area contributed by atoms with Gasteiger partial charge in [0, 0.05) is 45.0 Å². The Bertz CT molecular complexity index is 986. The number of hydrogen-bond donors (Lipinski definition) is 2. The van der Waals surface area contributed by atoms with Gasteiger partial charge in [0.05, 0.1) is 17.8 Å². The Morgan fingerprint density at radius 3 is 2.53 bits per heavy atom. The molecular weight excluding hydrogens is 404 g/mol. The zero-order valence-electron chi connectivity index (χ0n) is 18.5. The summed E-state index contributed by atoms with van der Waals surface area (Å²) in [5, 5.41) is 0. The van der Waals surface area contributed by atoms with E-state index in [2.05, 4.69) is 39.0 Å². The number of nitrogens with zero attached hydrogens (tertiary/aromatic N) is 4. The van der Waals surface area contributed by atoms with Crippen LogP contribution in [0.2, 0.25) is 0 Å². The summed E-state index contributed by atoms with van der Waals surface area (Å²) in [4.78, 5) is 38.5. The van der Waals surface area contributed by atoms with Crippen LogP contribution in [0.4, 0.5) is 0 Å². The lowest BCUT2D eigenvalue weighted by atomic mass is 9.82. The van der Waals surface area contributed by atoms with Gasteiger partial charge in [-0.3, -0.25) is 25.4 Å². The monoisotopic (exact) mass is 434 g/mol. The van der Waals surface area contributed by atoms with Gasteiger partial charge in [-0.1, -0.05) is 24.3 Å². The van der Waals surface area contributed by atoms with Crippen LogP contribution in [0.15, 0.2) is 36.7 Å². The quantitative estimate of drug-likeness (QED) is 0.757. The minimum Gasteiger partial charge on any atom is -0.338 e. The van der Waals surface area contributed by atoms with Crippen LogP contribution in [0.5, 0.6) is 0 Å². The average Bonchev–Trinajstić information content (AvgIpc) is 3.33. The van der Waals surface area contributed by atoms with Crippen molar-refractivity contribution in [2.75, 3.05) is 26.2 Å². The van der Waals surface area contributed by atoms with E-state index in [1.807, 2.05) is 22.8 Å². The van der Waals surface area contributed by atoms with Crippen molar-refractivity contribution < 1.29 is 9.59 Å². The lowest BCUT2D eigenvalue weighted by molar-refractivity contribution is -0.137. The zero-order valence-corrected chi connectivity index (χ0v) is 18.5. The molecule has 2 unspecified atom stereocenters. The molecule has 2 fully saturated rings. The number of hydrogen-bond acceptors (Lipinski definition) is 6. The molecule has 0 saturated carbocycles. The summed E-state index contributed by atoms with van der Waals surface area (Å²) in [6.45, 7) is 5.34. The Hall–Kier alpha value is -2.84. The van der Waals surface area contributed by atoms with Crippen molar-refractivity contribution in [2.45, 2.75) is 38.8 Å². The van der Waals surface area contributed by atoms with Gasteiger partial charge in [0.15, 0.2) is 0 Å². The molecule has 2 N–H and O–H groups in total. The molecule has 8 heteroatoms. The highest BCUT2D eigenvalue weighted by Crippen LogP contribution is 2.29. The Morgan fingerprint density at radius 2 is 1.78 bits per heavy atom. The predicted molar refractivity (Wildman–Crippen MR) is 119 cm³/mol. The van der Waals surface area contributed by atoms with Crippen LogP contribution in [0.1, 0.15) is 40.2 Å². The molecule has 3 aliphatic heterocycles. The Kier molecular flexibility index (Phi) is 5.89. The fourth-order valence-electron chi connectivity index (χ4n) is 5.25. The van der Waals surface area contributed by atoms with Crippen LogP contribution in [0, 0.1) is 18.8 Å². The van der Waals surface area contributed by atoms with Crippen LogP contribution in [0.3, 0.4) is 0 Å². The van der Waals surface area contributed by atoms with Crippen LogP contribution in [0.25, 0.3) is 0 Å².